The molecule has 8 heteroatoms. The number of fused-ring (bicyclic) bond motifs is 2. The first-order valence-corrected chi connectivity index (χ1v) is 8.39. The number of thiazole rings is 1. The molecule has 0 bridgehead atoms. The van der Waals surface area contributed by atoms with E-state index in [0.717, 1.165) is 23.4 Å². The summed E-state index contributed by atoms with van der Waals surface area (Å²) in [4.78, 5) is 29.8. The summed E-state index contributed by atoms with van der Waals surface area (Å²) in [7, 11) is 1.62. The minimum Gasteiger partial charge on any atom is -0.454 e. The highest BCUT2D eigenvalue weighted by atomic mass is 32.1. The normalized spacial score (nSPS) is 17.5. The van der Waals surface area contributed by atoms with Gasteiger partial charge in [0.05, 0.1) is 11.6 Å². The number of amides is 2. The van der Waals surface area contributed by atoms with Crippen LogP contribution in [0.25, 0.3) is 0 Å². The van der Waals surface area contributed by atoms with E-state index in [9.17, 15) is 9.59 Å². The average molecular weight is 345 g/mol. The molecule has 0 unspecified atom stereocenters. The summed E-state index contributed by atoms with van der Waals surface area (Å²) >= 11 is 1.42. The van der Waals surface area contributed by atoms with Gasteiger partial charge < -0.3 is 14.8 Å². The summed E-state index contributed by atoms with van der Waals surface area (Å²) in [5.41, 5.74) is 1.25. The predicted molar refractivity (Wildman–Crippen MR) is 87.8 cm³/mol. The van der Waals surface area contributed by atoms with E-state index in [4.69, 9.17) is 9.47 Å². The minimum absolute atomic E-state index is 0.0345. The number of ether oxygens (including phenoxy) is 2. The molecule has 1 aliphatic heterocycles. The second-order valence-corrected chi connectivity index (χ2v) is 6.64. The lowest BCUT2D eigenvalue weighted by atomic mass is 10.1. The molecule has 0 saturated carbocycles. The van der Waals surface area contributed by atoms with Gasteiger partial charge in [0, 0.05) is 17.5 Å². The molecule has 0 fully saturated rings. The Morgan fingerprint density at radius 1 is 1.29 bits per heavy atom. The van der Waals surface area contributed by atoms with E-state index in [-0.39, 0.29) is 24.5 Å². The van der Waals surface area contributed by atoms with Crippen LogP contribution in [0.1, 0.15) is 33.3 Å². The maximum absolute atomic E-state index is 12.4. The third-order valence-corrected chi connectivity index (χ3v) is 5.18. The third kappa shape index (κ3) is 2.48. The van der Waals surface area contributed by atoms with Crippen LogP contribution in [-0.4, -0.2) is 30.6 Å². The first-order valence-electron chi connectivity index (χ1n) is 7.58. The fourth-order valence-electron chi connectivity index (χ4n) is 2.92. The Labute approximate surface area is 142 Å². The molecule has 2 heterocycles. The molecule has 24 heavy (non-hydrogen) atoms. The second kappa shape index (κ2) is 5.79. The van der Waals surface area contributed by atoms with Crippen LogP contribution in [0.3, 0.4) is 0 Å². The molecular formula is C16H15N3O4S. The van der Waals surface area contributed by atoms with Crippen molar-refractivity contribution in [3.05, 3.63) is 34.3 Å². The molecule has 0 spiro atoms. The van der Waals surface area contributed by atoms with Crippen LogP contribution in [-0.2, 0) is 11.2 Å². The summed E-state index contributed by atoms with van der Waals surface area (Å²) < 4.78 is 10.5. The number of carbonyl (C=O) groups excluding carboxylic acids is 2. The van der Waals surface area contributed by atoms with Gasteiger partial charge in [-0.05, 0) is 31.0 Å². The van der Waals surface area contributed by atoms with Gasteiger partial charge in [0.25, 0.3) is 5.91 Å². The number of aryl methyl sites for hydroxylation is 1. The zero-order valence-electron chi connectivity index (χ0n) is 12.9. The zero-order chi connectivity index (χ0) is 16.7. The molecule has 2 aliphatic rings. The SMILES string of the molecule is CNC(=O)[C@H]1CCc2sc(NC(=O)c3ccc4c(c3)OCO4)nc21. The molecule has 1 atom stereocenters. The van der Waals surface area contributed by atoms with E-state index in [0.29, 0.717) is 22.2 Å². The summed E-state index contributed by atoms with van der Waals surface area (Å²) in [5, 5.41) is 5.97. The van der Waals surface area contributed by atoms with Crippen molar-refractivity contribution in [3.8, 4) is 11.5 Å². The Balaban J connectivity index is 1.52. The Morgan fingerprint density at radius 3 is 2.96 bits per heavy atom. The molecule has 1 aromatic carbocycles. The monoisotopic (exact) mass is 345 g/mol. The number of carbonyl (C=O) groups is 2. The molecule has 1 aromatic heterocycles. The predicted octanol–water partition coefficient (Wildman–Crippen LogP) is 1.90. The lowest BCUT2D eigenvalue weighted by molar-refractivity contribution is -0.122. The van der Waals surface area contributed by atoms with Crippen LogP contribution < -0.4 is 20.1 Å². The molecule has 1 aliphatic carbocycles. The van der Waals surface area contributed by atoms with E-state index in [1.54, 1.807) is 25.2 Å². The van der Waals surface area contributed by atoms with Crippen molar-refractivity contribution in [2.24, 2.45) is 0 Å². The standard InChI is InChI=1S/C16H15N3O4S/c1-17-15(21)9-3-5-12-13(9)18-16(24-12)19-14(20)8-2-4-10-11(6-8)23-7-22-10/h2,4,6,9H,3,5,7H2,1H3,(H,17,21)(H,18,19,20)/t9-/m0/s1. The molecule has 2 amide bonds. The number of benzene rings is 1. The lowest BCUT2D eigenvalue weighted by Crippen LogP contribution is -2.24. The van der Waals surface area contributed by atoms with Crippen LogP contribution in [0.4, 0.5) is 5.13 Å². The van der Waals surface area contributed by atoms with Crippen molar-refractivity contribution in [2.45, 2.75) is 18.8 Å². The van der Waals surface area contributed by atoms with Crippen molar-refractivity contribution in [3.63, 3.8) is 0 Å². The Hall–Kier alpha value is -2.61. The van der Waals surface area contributed by atoms with Crippen LogP contribution >= 0.6 is 11.3 Å². The molecule has 0 saturated heterocycles. The van der Waals surface area contributed by atoms with E-state index in [1.807, 2.05) is 0 Å². The van der Waals surface area contributed by atoms with Crippen molar-refractivity contribution in [1.82, 2.24) is 10.3 Å². The van der Waals surface area contributed by atoms with E-state index >= 15 is 0 Å². The number of hydrogen-bond acceptors (Lipinski definition) is 6. The molecule has 2 N–H and O–H groups in total. The van der Waals surface area contributed by atoms with Gasteiger partial charge in [-0.1, -0.05) is 0 Å². The van der Waals surface area contributed by atoms with Crippen molar-refractivity contribution < 1.29 is 19.1 Å². The Morgan fingerprint density at radius 2 is 2.12 bits per heavy atom. The summed E-state index contributed by atoms with van der Waals surface area (Å²) in [6, 6.07) is 5.03. The van der Waals surface area contributed by atoms with Crippen molar-refractivity contribution in [2.75, 3.05) is 19.2 Å². The van der Waals surface area contributed by atoms with Crippen molar-refractivity contribution >= 4 is 28.3 Å². The third-order valence-electron chi connectivity index (χ3n) is 4.14. The molecule has 124 valence electrons. The van der Waals surface area contributed by atoms with Gasteiger partial charge in [-0.15, -0.1) is 11.3 Å². The summed E-state index contributed by atoms with van der Waals surface area (Å²) in [6.07, 6.45) is 1.58. The van der Waals surface area contributed by atoms with Gasteiger partial charge in [-0.2, -0.15) is 0 Å². The highest BCUT2D eigenvalue weighted by Gasteiger charge is 2.32. The lowest BCUT2D eigenvalue weighted by Gasteiger charge is -2.07. The largest absolute Gasteiger partial charge is 0.454 e. The fraction of sp³-hybridized carbons (Fsp3) is 0.312. The number of hydrogen-bond donors (Lipinski definition) is 2. The molecule has 0 radical (unpaired) electrons. The van der Waals surface area contributed by atoms with Gasteiger partial charge in [0.1, 0.15) is 0 Å². The van der Waals surface area contributed by atoms with Gasteiger partial charge in [0.15, 0.2) is 16.6 Å². The Kier molecular flexibility index (Phi) is 3.61. The molecule has 7 nitrogen and oxygen atoms in total. The van der Waals surface area contributed by atoms with E-state index in [1.165, 1.54) is 11.3 Å². The zero-order valence-corrected chi connectivity index (χ0v) is 13.7. The highest BCUT2D eigenvalue weighted by molar-refractivity contribution is 7.16. The number of nitrogens with zero attached hydrogens (tertiary/aromatic N) is 1. The topological polar surface area (TPSA) is 89.6 Å². The number of nitrogens with one attached hydrogen (secondary N) is 2. The molecular weight excluding hydrogens is 330 g/mol. The van der Waals surface area contributed by atoms with Gasteiger partial charge >= 0.3 is 0 Å². The van der Waals surface area contributed by atoms with Crippen LogP contribution in [0, 0.1) is 0 Å². The van der Waals surface area contributed by atoms with Gasteiger partial charge in [-0.3, -0.25) is 14.9 Å². The minimum atomic E-state index is -0.266. The quantitative estimate of drug-likeness (QED) is 0.887. The summed E-state index contributed by atoms with van der Waals surface area (Å²) in [5.74, 6) is 0.666. The van der Waals surface area contributed by atoms with Gasteiger partial charge in [-0.25, -0.2) is 4.98 Å². The second-order valence-electron chi connectivity index (χ2n) is 5.56. The smallest absolute Gasteiger partial charge is 0.257 e. The maximum atomic E-state index is 12.4. The van der Waals surface area contributed by atoms with Crippen LogP contribution in [0.5, 0.6) is 11.5 Å². The number of rotatable bonds is 3. The molecule has 2 aromatic rings. The van der Waals surface area contributed by atoms with Crippen LogP contribution in [0.15, 0.2) is 18.2 Å². The van der Waals surface area contributed by atoms with E-state index < -0.39 is 0 Å². The van der Waals surface area contributed by atoms with Crippen LogP contribution in [0.2, 0.25) is 0 Å². The number of aromatic nitrogens is 1. The Bertz CT molecular complexity index is 833. The van der Waals surface area contributed by atoms with E-state index in [2.05, 4.69) is 15.6 Å². The maximum Gasteiger partial charge on any atom is 0.257 e. The highest BCUT2D eigenvalue weighted by Crippen LogP contribution is 2.38. The van der Waals surface area contributed by atoms with Crippen molar-refractivity contribution in [1.29, 1.82) is 0 Å². The van der Waals surface area contributed by atoms with Gasteiger partial charge in [0.2, 0.25) is 12.7 Å². The number of likely N-dealkylation sites (N-methyl/N-ethyl adjacent to an activating group) is 1. The first-order chi connectivity index (χ1) is 11.7. The molecule has 4 rings (SSSR count). The number of anilines is 1. The fourth-order valence-corrected chi connectivity index (χ4v) is 3.95. The first kappa shape index (κ1) is 14.9. The summed E-state index contributed by atoms with van der Waals surface area (Å²) in [6.45, 7) is 0.167. The average Bonchev–Trinajstić information content (AvgIpc) is 3.28.